The van der Waals surface area contributed by atoms with E-state index in [0.717, 1.165) is 21.4 Å². The van der Waals surface area contributed by atoms with Gasteiger partial charge in [-0.3, -0.25) is 4.57 Å². The monoisotopic (exact) mass is 348 g/mol. The molecule has 2 heterocycles. The number of benzene rings is 1. The van der Waals surface area contributed by atoms with E-state index in [1.54, 1.807) is 18.7 Å². The average molecular weight is 350 g/mol. The topological polar surface area (TPSA) is 56.7 Å². The Balaban J connectivity index is 2.18. The molecule has 0 fully saturated rings. The van der Waals surface area contributed by atoms with E-state index >= 15 is 0 Å². The molecule has 0 aliphatic heterocycles. The number of halogens is 2. The summed E-state index contributed by atoms with van der Waals surface area (Å²) in [5, 5.41) is 0.670. The minimum absolute atomic E-state index is 0.472. The zero-order chi connectivity index (χ0) is 14.1. The Morgan fingerprint density at radius 1 is 1.25 bits per heavy atom. The molecular formula is C14H10BrClN4. The number of aromatic nitrogens is 3. The second-order valence-corrected chi connectivity index (χ2v) is 5.47. The van der Waals surface area contributed by atoms with Crippen LogP contribution in [0, 0.1) is 0 Å². The van der Waals surface area contributed by atoms with Gasteiger partial charge in [0.15, 0.2) is 0 Å². The Kier molecular flexibility index (Phi) is 3.46. The molecule has 100 valence electrons. The van der Waals surface area contributed by atoms with Crippen LogP contribution in [-0.2, 0) is 0 Å². The normalized spacial score (nSPS) is 10.7. The molecule has 0 spiro atoms. The predicted octanol–water partition coefficient (Wildman–Crippen LogP) is 3.93. The van der Waals surface area contributed by atoms with Gasteiger partial charge < -0.3 is 5.73 Å². The first kappa shape index (κ1) is 13.1. The van der Waals surface area contributed by atoms with Gasteiger partial charge in [-0.2, -0.15) is 0 Å². The van der Waals surface area contributed by atoms with Gasteiger partial charge in [0.05, 0.1) is 23.9 Å². The minimum Gasteiger partial charge on any atom is -0.383 e. The van der Waals surface area contributed by atoms with Gasteiger partial charge in [0.25, 0.3) is 0 Å². The van der Waals surface area contributed by atoms with Crippen molar-refractivity contribution in [2.75, 3.05) is 5.73 Å². The fourth-order valence-corrected chi connectivity index (χ4v) is 2.87. The highest BCUT2D eigenvalue weighted by Crippen LogP contribution is 2.30. The molecule has 0 aliphatic rings. The van der Waals surface area contributed by atoms with Crippen LogP contribution in [0.1, 0.15) is 0 Å². The molecule has 0 saturated heterocycles. The van der Waals surface area contributed by atoms with Crippen LogP contribution < -0.4 is 5.73 Å². The number of pyridine rings is 1. The highest BCUT2D eigenvalue weighted by atomic mass is 79.9. The summed E-state index contributed by atoms with van der Waals surface area (Å²) < 4.78 is 2.82. The van der Waals surface area contributed by atoms with Gasteiger partial charge in [-0.15, -0.1) is 0 Å². The summed E-state index contributed by atoms with van der Waals surface area (Å²) in [4.78, 5) is 8.32. The highest BCUT2D eigenvalue weighted by molar-refractivity contribution is 9.10. The molecule has 6 heteroatoms. The Morgan fingerprint density at radius 3 is 2.85 bits per heavy atom. The number of nitrogen functional groups attached to an aromatic ring is 1. The smallest absolute Gasteiger partial charge is 0.132 e. The van der Waals surface area contributed by atoms with E-state index in [0.29, 0.717) is 10.8 Å². The third kappa shape index (κ3) is 2.30. The second kappa shape index (κ2) is 5.26. The van der Waals surface area contributed by atoms with Crippen molar-refractivity contribution in [1.82, 2.24) is 14.5 Å². The molecule has 0 unspecified atom stereocenters. The molecule has 0 atom stereocenters. The predicted molar refractivity (Wildman–Crippen MR) is 83.9 cm³/mol. The first-order valence-electron chi connectivity index (χ1n) is 5.85. The van der Waals surface area contributed by atoms with E-state index in [9.17, 15) is 0 Å². The third-order valence-electron chi connectivity index (χ3n) is 2.92. The van der Waals surface area contributed by atoms with Crippen molar-refractivity contribution in [2.45, 2.75) is 0 Å². The first-order valence-corrected chi connectivity index (χ1v) is 7.02. The van der Waals surface area contributed by atoms with Gasteiger partial charge in [0, 0.05) is 21.3 Å². The van der Waals surface area contributed by atoms with Crippen LogP contribution in [0.15, 0.2) is 53.5 Å². The van der Waals surface area contributed by atoms with Crippen LogP contribution in [0.3, 0.4) is 0 Å². The van der Waals surface area contributed by atoms with Gasteiger partial charge in [0.1, 0.15) is 5.82 Å². The summed E-state index contributed by atoms with van der Waals surface area (Å²) in [6.45, 7) is 0. The zero-order valence-corrected chi connectivity index (χ0v) is 12.6. The number of rotatable bonds is 2. The average Bonchev–Trinajstić information content (AvgIpc) is 2.88. The Hall–Kier alpha value is -1.85. The van der Waals surface area contributed by atoms with Crippen LogP contribution in [0.2, 0.25) is 5.02 Å². The van der Waals surface area contributed by atoms with Crippen molar-refractivity contribution in [2.24, 2.45) is 0 Å². The summed E-state index contributed by atoms with van der Waals surface area (Å²) in [5.41, 5.74) is 8.58. The number of hydrogen-bond acceptors (Lipinski definition) is 3. The lowest BCUT2D eigenvalue weighted by atomic mass is 10.2. The largest absolute Gasteiger partial charge is 0.383 e. The lowest BCUT2D eigenvalue weighted by Gasteiger charge is -2.11. The standard InChI is InChI=1S/C14H10BrClN4/c15-11-6-9(16)3-4-12(11)20-8-18-7-13(20)10-2-1-5-19-14(10)17/h1-8H,(H2,17,19). The molecule has 4 nitrogen and oxygen atoms in total. The molecule has 0 radical (unpaired) electrons. The maximum Gasteiger partial charge on any atom is 0.132 e. The van der Waals surface area contributed by atoms with Gasteiger partial charge >= 0.3 is 0 Å². The molecule has 2 N–H and O–H groups in total. The van der Waals surface area contributed by atoms with Crippen LogP contribution in [0.4, 0.5) is 5.82 Å². The molecular weight excluding hydrogens is 340 g/mol. The summed E-state index contributed by atoms with van der Waals surface area (Å²) in [6, 6.07) is 9.36. The third-order valence-corrected chi connectivity index (χ3v) is 3.79. The Bertz CT molecular complexity index is 769. The highest BCUT2D eigenvalue weighted by Gasteiger charge is 2.12. The van der Waals surface area contributed by atoms with Crippen LogP contribution in [0.5, 0.6) is 0 Å². The van der Waals surface area contributed by atoms with Crippen LogP contribution in [-0.4, -0.2) is 14.5 Å². The van der Waals surface area contributed by atoms with E-state index in [-0.39, 0.29) is 0 Å². The molecule has 3 aromatic rings. The molecule has 1 aromatic carbocycles. The van der Waals surface area contributed by atoms with Gasteiger partial charge in [-0.25, -0.2) is 9.97 Å². The number of anilines is 1. The molecule has 0 amide bonds. The maximum atomic E-state index is 5.98. The quantitative estimate of drug-likeness (QED) is 0.762. The van der Waals surface area contributed by atoms with Crippen molar-refractivity contribution in [3.8, 4) is 16.9 Å². The minimum atomic E-state index is 0.472. The number of nitrogens with two attached hydrogens (primary N) is 1. The zero-order valence-electron chi connectivity index (χ0n) is 10.3. The lowest BCUT2D eigenvalue weighted by molar-refractivity contribution is 1.05. The summed E-state index contributed by atoms with van der Waals surface area (Å²) in [5.74, 6) is 0.472. The van der Waals surface area contributed by atoms with Crippen molar-refractivity contribution in [3.63, 3.8) is 0 Å². The van der Waals surface area contributed by atoms with Gasteiger partial charge in [-0.05, 0) is 46.3 Å². The van der Waals surface area contributed by atoms with Gasteiger partial charge in [-0.1, -0.05) is 11.6 Å². The molecule has 0 saturated carbocycles. The Labute approximate surface area is 129 Å². The van der Waals surface area contributed by atoms with Crippen LogP contribution >= 0.6 is 27.5 Å². The first-order chi connectivity index (χ1) is 9.66. The Morgan fingerprint density at radius 2 is 2.10 bits per heavy atom. The number of hydrogen-bond donors (Lipinski definition) is 1. The fourth-order valence-electron chi connectivity index (χ4n) is 2.00. The van der Waals surface area contributed by atoms with E-state index in [2.05, 4.69) is 25.9 Å². The summed E-state index contributed by atoms with van der Waals surface area (Å²) in [7, 11) is 0. The van der Waals surface area contributed by atoms with E-state index in [1.165, 1.54) is 0 Å². The SMILES string of the molecule is Nc1ncccc1-c1cncn1-c1ccc(Cl)cc1Br. The van der Waals surface area contributed by atoms with Crippen molar-refractivity contribution < 1.29 is 0 Å². The maximum absolute atomic E-state index is 5.98. The van der Waals surface area contributed by atoms with E-state index < -0.39 is 0 Å². The molecule has 20 heavy (non-hydrogen) atoms. The number of imidazole rings is 1. The summed E-state index contributed by atoms with van der Waals surface area (Å²) in [6.07, 6.45) is 5.15. The van der Waals surface area contributed by atoms with E-state index in [4.69, 9.17) is 17.3 Å². The van der Waals surface area contributed by atoms with Crippen molar-refractivity contribution in [1.29, 1.82) is 0 Å². The molecule has 3 rings (SSSR count). The fraction of sp³-hybridized carbons (Fsp3) is 0. The molecule has 0 aliphatic carbocycles. The summed E-state index contributed by atoms with van der Waals surface area (Å²) >= 11 is 9.49. The molecule has 0 bridgehead atoms. The second-order valence-electron chi connectivity index (χ2n) is 4.18. The molecule has 2 aromatic heterocycles. The van der Waals surface area contributed by atoms with Gasteiger partial charge in [0.2, 0.25) is 0 Å². The lowest BCUT2D eigenvalue weighted by Crippen LogP contribution is -2.00. The van der Waals surface area contributed by atoms with Crippen LogP contribution in [0.25, 0.3) is 16.9 Å². The van der Waals surface area contributed by atoms with E-state index in [1.807, 2.05) is 34.9 Å². The van der Waals surface area contributed by atoms with Crippen molar-refractivity contribution >= 4 is 33.3 Å². The van der Waals surface area contributed by atoms with Crippen molar-refractivity contribution in [3.05, 3.63) is 58.5 Å². The number of nitrogens with zero attached hydrogens (tertiary/aromatic N) is 3.